The van der Waals surface area contributed by atoms with E-state index in [0.717, 1.165) is 23.3 Å². The number of aromatic nitrogens is 2. The van der Waals surface area contributed by atoms with Crippen LogP contribution < -0.4 is 0 Å². The Morgan fingerprint density at radius 3 is 2.26 bits per heavy atom. The van der Waals surface area contributed by atoms with E-state index in [0.29, 0.717) is 23.4 Å². The molecule has 1 saturated carbocycles. The van der Waals surface area contributed by atoms with Crippen LogP contribution in [0.2, 0.25) is 0 Å². The molecule has 1 aliphatic rings. The summed E-state index contributed by atoms with van der Waals surface area (Å²) in [6.07, 6.45) is 2.81. The second kappa shape index (κ2) is 8.08. The Bertz CT molecular complexity index is 1210. The predicted molar refractivity (Wildman–Crippen MR) is 117 cm³/mol. The highest BCUT2D eigenvalue weighted by Crippen LogP contribution is 2.47. The summed E-state index contributed by atoms with van der Waals surface area (Å²) in [4.78, 5) is 4.59. The molecule has 4 aromatic rings. The Labute approximate surface area is 180 Å². The first-order chi connectivity index (χ1) is 15.2. The van der Waals surface area contributed by atoms with Crippen LogP contribution in [0.5, 0.6) is 0 Å². The van der Waals surface area contributed by atoms with Crippen molar-refractivity contribution in [1.82, 2.24) is 10.1 Å². The molecule has 2 atom stereocenters. The van der Waals surface area contributed by atoms with Crippen molar-refractivity contribution in [1.29, 1.82) is 5.26 Å². The summed E-state index contributed by atoms with van der Waals surface area (Å²) in [5.41, 5.74) is 2.39. The van der Waals surface area contributed by atoms with Gasteiger partial charge in [-0.15, -0.1) is 0 Å². The van der Waals surface area contributed by atoms with E-state index in [-0.39, 0.29) is 17.4 Å². The molecule has 31 heavy (non-hydrogen) atoms. The van der Waals surface area contributed by atoms with Gasteiger partial charge in [-0.2, -0.15) is 10.2 Å². The lowest BCUT2D eigenvalue weighted by molar-refractivity contribution is 0.400. The van der Waals surface area contributed by atoms with Crippen molar-refractivity contribution in [2.24, 2.45) is 5.92 Å². The zero-order valence-corrected chi connectivity index (χ0v) is 17.1. The van der Waals surface area contributed by atoms with Crippen molar-refractivity contribution >= 4 is 11.6 Å². The topological polar surface area (TPSA) is 75.8 Å². The fraction of sp³-hybridized carbons (Fsp3) is 0.192. The minimum absolute atomic E-state index is 0.187. The van der Waals surface area contributed by atoms with E-state index < -0.39 is 0 Å². The minimum Gasteiger partial charge on any atom is -0.461 e. The first kappa shape index (κ1) is 19.1. The number of nitriles is 1. The van der Waals surface area contributed by atoms with Gasteiger partial charge in [-0.3, -0.25) is 0 Å². The molecule has 2 heterocycles. The second-order valence-corrected chi connectivity index (χ2v) is 7.94. The molecule has 152 valence electrons. The van der Waals surface area contributed by atoms with E-state index >= 15 is 0 Å². The molecule has 5 heteroatoms. The Hall–Kier alpha value is -3.91. The maximum Gasteiger partial charge on any atom is 0.268 e. The van der Waals surface area contributed by atoms with Gasteiger partial charge in [0.2, 0.25) is 0 Å². The van der Waals surface area contributed by atoms with Gasteiger partial charge < -0.3 is 8.94 Å². The molecule has 0 saturated heterocycles. The quantitative estimate of drug-likeness (QED) is 0.365. The SMILES string of the molecule is C[C@H]1C[C@@H]1c1ccc(/C=C(\C#N)c2nc(C(c3ccccc3)c3ccccc3)no2)o1. The lowest BCUT2D eigenvalue weighted by Crippen LogP contribution is -2.05. The van der Waals surface area contributed by atoms with Crippen LogP contribution in [0, 0.1) is 17.2 Å². The number of furan rings is 1. The van der Waals surface area contributed by atoms with Crippen molar-refractivity contribution in [2.75, 3.05) is 0 Å². The molecular weight excluding hydrogens is 386 g/mol. The normalized spacial score (nSPS) is 18.2. The van der Waals surface area contributed by atoms with Crippen LogP contribution in [0.15, 0.2) is 81.7 Å². The summed E-state index contributed by atoms with van der Waals surface area (Å²) < 4.78 is 11.4. The molecule has 2 aromatic heterocycles. The Morgan fingerprint density at radius 2 is 1.68 bits per heavy atom. The molecule has 5 nitrogen and oxygen atoms in total. The summed E-state index contributed by atoms with van der Waals surface area (Å²) in [5.74, 6) is 3.24. The molecule has 0 bridgehead atoms. The number of rotatable bonds is 6. The van der Waals surface area contributed by atoms with Gasteiger partial charge in [0, 0.05) is 12.0 Å². The van der Waals surface area contributed by atoms with E-state index in [1.165, 1.54) is 0 Å². The molecule has 0 radical (unpaired) electrons. The van der Waals surface area contributed by atoms with Crippen molar-refractivity contribution < 1.29 is 8.94 Å². The standard InChI is InChI=1S/C26H21N3O2/c1-17-14-22(17)23-13-12-21(30-23)15-20(16-27)26-28-25(29-31-26)24(18-8-4-2-5-9-18)19-10-6-3-7-11-19/h2-13,15,17,22,24H,14H2,1H3/b20-15+/t17-,22-/m0/s1. The molecule has 0 spiro atoms. The lowest BCUT2D eigenvalue weighted by Gasteiger charge is -2.13. The Balaban J connectivity index is 1.48. The van der Waals surface area contributed by atoms with Gasteiger partial charge in [0.05, 0.1) is 5.92 Å². The average Bonchev–Trinajstić information content (AvgIpc) is 3.18. The number of nitrogens with zero attached hydrogens (tertiary/aromatic N) is 3. The summed E-state index contributed by atoms with van der Waals surface area (Å²) in [6.45, 7) is 2.21. The summed E-state index contributed by atoms with van der Waals surface area (Å²) in [7, 11) is 0. The van der Waals surface area contributed by atoms with Crippen molar-refractivity contribution in [3.63, 3.8) is 0 Å². The number of allylic oxidation sites excluding steroid dienone is 1. The Kier molecular flexibility index (Phi) is 4.97. The highest BCUT2D eigenvalue weighted by molar-refractivity contribution is 5.85. The molecule has 1 fully saturated rings. The van der Waals surface area contributed by atoms with Gasteiger partial charge >= 0.3 is 0 Å². The summed E-state index contributed by atoms with van der Waals surface area (Å²) in [6, 6.07) is 26.1. The molecule has 0 amide bonds. The van der Waals surface area contributed by atoms with Gasteiger partial charge in [-0.05, 0) is 35.6 Å². The summed E-state index contributed by atoms with van der Waals surface area (Å²) in [5, 5.41) is 13.9. The van der Waals surface area contributed by atoms with Crippen LogP contribution in [-0.2, 0) is 0 Å². The summed E-state index contributed by atoms with van der Waals surface area (Å²) >= 11 is 0. The highest BCUT2D eigenvalue weighted by atomic mass is 16.5. The molecule has 1 aliphatic carbocycles. The highest BCUT2D eigenvalue weighted by Gasteiger charge is 2.36. The average molecular weight is 407 g/mol. The van der Waals surface area contributed by atoms with E-state index in [1.807, 2.05) is 72.8 Å². The van der Waals surface area contributed by atoms with Crippen LogP contribution in [0.3, 0.4) is 0 Å². The van der Waals surface area contributed by atoms with E-state index in [1.54, 1.807) is 6.08 Å². The van der Waals surface area contributed by atoms with Crippen molar-refractivity contribution in [2.45, 2.75) is 25.2 Å². The predicted octanol–water partition coefficient (Wildman–Crippen LogP) is 6.03. The van der Waals surface area contributed by atoms with Gasteiger partial charge in [0.15, 0.2) is 5.82 Å². The fourth-order valence-electron chi connectivity index (χ4n) is 3.89. The molecular formula is C26H21N3O2. The minimum atomic E-state index is -0.189. The van der Waals surface area contributed by atoms with Gasteiger partial charge in [-0.25, -0.2) is 0 Å². The van der Waals surface area contributed by atoms with Crippen molar-refractivity contribution in [3.05, 3.63) is 107 Å². The first-order valence-electron chi connectivity index (χ1n) is 10.4. The van der Waals surface area contributed by atoms with Crippen LogP contribution in [0.1, 0.15) is 59.5 Å². The van der Waals surface area contributed by atoms with E-state index in [4.69, 9.17) is 8.94 Å². The third-order valence-corrected chi connectivity index (χ3v) is 5.73. The zero-order valence-electron chi connectivity index (χ0n) is 17.1. The van der Waals surface area contributed by atoms with Crippen LogP contribution in [0.25, 0.3) is 11.6 Å². The second-order valence-electron chi connectivity index (χ2n) is 7.94. The molecule has 5 rings (SSSR count). The van der Waals surface area contributed by atoms with E-state index in [9.17, 15) is 5.26 Å². The smallest absolute Gasteiger partial charge is 0.268 e. The monoisotopic (exact) mass is 407 g/mol. The number of hydrogen-bond acceptors (Lipinski definition) is 5. The molecule has 0 unspecified atom stereocenters. The number of hydrogen-bond donors (Lipinski definition) is 0. The molecule has 0 aliphatic heterocycles. The van der Waals surface area contributed by atoms with Gasteiger partial charge in [-0.1, -0.05) is 72.7 Å². The third-order valence-electron chi connectivity index (χ3n) is 5.73. The van der Waals surface area contributed by atoms with Crippen molar-refractivity contribution in [3.8, 4) is 6.07 Å². The number of benzene rings is 2. The largest absolute Gasteiger partial charge is 0.461 e. The maximum absolute atomic E-state index is 9.71. The van der Waals surface area contributed by atoms with Gasteiger partial charge in [0.1, 0.15) is 23.2 Å². The zero-order chi connectivity index (χ0) is 21.2. The van der Waals surface area contributed by atoms with Crippen LogP contribution in [-0.4, -0.2) is 10.1 Å². The van der Waals surface area contributed by atoms with Gasteiger partial charge in [0.25, 0.3) is 5.89 Å². The maximum atomic E-state index is 9.71. The van der Waals surface area contributed by atoms with E-state index in [2.05, 4.69) is 23.1 Å². The van der Waals surface area contributed by atoms with Crippen LogP contribution in [0.4, 0.5) is 0 Å². The fourth-order valence-corrected chi connectivity index (χ4v) is 3.89. The molecule has 0 N–H and O–H groups in total. The lowest BCUT2D eigenvalue weighted by atomic mass is 9.91. The molecule has 2 aromatic carbocycles. The first-order valence-corrected chi connectivity index (χ1v) is 10.4. The Morgan fingerprint density at radius 1 is 1.03 bits per heavy atom. The van der Waals surface area contributed by atoms with Crippen LogP contribution >= 0.6 is 0 Å². The third kappa shape index (κ3) is 3.93.